The Morgan fingerprint density at radius 1 is 1.22 bits per heavy atom. The predicted octanol–water partition coefficient (Wildman–Crippen LogP) is 2.59. The zero-order valence-electron chi connectivity index (χ0n) is 10.9. The Bertz CT molecular complexity index is 389. The van der Waals surface area contributed by atoms with Crippen molar-refractivity contribution in [3.8, 4) is 11.5 Å². The molecule has 0 atom stereocenters. The van der Waals surface area contributed by atoms with E-state index >= 15 is 0 Å². The van der Waals surface area contributed by atoms with Crippen molar-refractivity contribution in [2.45, 2.75) is 19.8 Å². The van der Waals surface area contributed by atoms with Gasteiger partial charge in [-0.15, -0.1) is 0 Å². The Labute approximate surface area is 107 Å². The fraction of sp³-hybridized carbons (Fsp3) is 0.462. The third kappa shape index (κ3) is 3.92. The predicted molar refractivity (Wildman–Crippen MR) is 65.8 cm³/mol. The maximum atomic E-state index is 11.7. The van der Waals surface area contributed by atoms with Gasteiger partial charge in [0.25, 0.3) is 0 Å². The Morgan fingerprint density at radius 3 is 2.61 bits per heavy atom. The summed E-state index contributed by atoms with van der Waals surface area (Å²) >= 11 is 0. The average molecular weight is 254 g/mol. The quantitative estimate of drug-likeness (QED) is 0.425. The van der Waals surface area contributed by atoms with Crippen molar-refractivity contribution in [3.05, 3.63) is 23.8 Å². The summed E-state index contributed by atoms with van der Waals surface area (Å²) in [6, 6.07) is 4.84. The van der Waals surface area contributed by atoms with Crippen molar-refractivity contribution < 1.29 is 24.0 Å². The summed E-state index contributed by atoms with van der Waals surface area (Å²) in [4.78, 5) is 21.2. The van der Waals surface area contributed by atoms with E-state index in [1.54, 1.807) is 25.3 Å². The van der Waals surface area contributed by atoms with Crippen molar-refractivity contribution >= 4 is 5.97 Å². The fourth-order valence-electron chi connectivity index (χ4n) is 1.31. The van der Waals surface area contributed by atoms with Crippen LogP contribution in [0.3, 0.4) is 0 Å². The van der Waals surface area contributed by atoms with Crippen molar-refractivity contribution in [2.24, 2.45) is 0 Å². The molecular formula is C13H18O5. The van der Waals surface area contributed by atoms with Crippen LogP contribution in [-0.4, -0.2) is 26.8 Å². The standard InChI is InChI=1S/C13H18O5/c1-4-5-8-17-18-13(14)11-7-6-10(15-2)9-12(11)16-3/h6-7,9H,4-5,8H2,1-3H3. The van der Waals surface area contributed by atoms with Gasteiger partial charge in [0, 0.05) is 6.07 Å². The van der Waals surface area contributed by atoms with Gasteiger partial charge < -0.3 is 9.47 Å². The number of unbranched alkanes of at least 4 members (excludes halogenated alkanes) is 1. The fourth-order valence-corrected chi connectivity index (χ4v) is 1.31. The highest BCUT2D eigenvalue weighted by Gasteiger charge is 2.15. The maximum absolute atomic E-state index is 11.7. The Balaban J connectivity index is 2.66. The molecule has 1 aromatic carbocycles. The summed E-state index contributed by atoms with van der Waals surface area (Å²) in [6.45, 7) is 2.42. The lowest BCUT2D eigenvalue weighted by Gasteiger charge is -2.09. The van der Waals surface area contributed by atoms with Crippen LogP contribution in [0.15, 0.2) is 18.2 Å². The second-order valence-corrected chi connectivity index (χ2v) is 3.61. The van der Waals surface area contributed by atoms with Crippen LogP contribution >= 0.6 is 0 Å². The van der Waals surface area contributed by atoms with E-state index in [-0.39, 0.29) is 0 Å². The first kappa shape index (κ1) is 14.3. The number of hydrogen-bond donors (Lipinski definition) is 0. The van der Waals surface area contributed by atoms with Gasteiger partial charge in [-0.1, -0.05) is 13.3 Å². The van der Waals surface area contributed by atoms with Crippen LogP contribution in [0.5, 0.6) is 11.5 Å². The minimum absolute atomic E-state index is 0.301. The maximum Gasteiger partial charge on any atom is 0.376 e. The molecular weight excluding hydrogens is 236 g/mol. The first-order valence-electron chi connectivity index (χ1n) is 5.78. The molecule has 0 aromatic heterocycles. The third-order valence-corrected chi connectivity index (χ3v) is 2.34. The minimum Gasteiger partial charge on any atom is -0.497 e. The van der Waals surface area contributed by atoms with E-state index in [0.717, 1.165) is 12.8 Å². The van der Waals surface area contributed by atoms with Gasteiger partial charge in [-0.2, -0.15) is 4.89 Å². The van der Waals surface area contributed by atoms with Crippen LogP contribution in [0.2, 0.25) is 0 Å². The van der Waals surface area contributed by atoms with E-state index in [2.05, 4.69) is 4.89 Å². The molecule has 0 heterocycles. The lowest BCUT2D eigenvalue weighted by Crippen LogP contribution is -2.08. The second kappa shape index (κ2) is 7.55. The molecule has 0 spiro atoms. The number of carbonyl (C=O) groups is 1. The van der Waals surface area contributed by atoms with Gasteiger partial charge in [-0.3, -0.25) is 4.89 Å². The smallest absolute Gasteiger partial charge is 0.376 e. The van der Waals surface area contributed by atoms with E-state index < -0.39 is 5.97 Å². The molecule has 0 unspecified atom stereocenters. The van der Waals surface area contributed by atoms with Crippen molar-refractivity contribution in [1.82, 2.24) is 0 Å². The Morgan fingerprint density at radius 2 is 2.00 bits per heavy atom. The Hall–Kier alpha value is -1.75. The number of hydrogen-bond acceptors (Lipinski definition) is 5. The largest absolute Gasteiger partial charge is 0.497 e. The molecule has 0 aliphatic heterocycles. The van der Waals surface area contributed by atoms with Crippen molar-refractivity contribution in [3.63, 3.8) is 0 Å². The summed E-state index contributed by atoms with van der Waals surface area (Å²) < 4.78 is 10.1. The molecule has 100 valence electrons. The zero-order valence-corrected chi connectivity index (χ0v) is 10.9. The zero-order chi connectivity index (χ0) is 13.4. The summed E-state index contributed by atoms with van der Waals surface area (Å²) in [7, 11) is 3.02. The summed E-state index contributed by atoms with van der Waals surface area (Å²) in [5, 5.41) is 0. The SMILES string of the molecule is CCCCOOC(=O)c1ccc(OC)cc1OC. The first-order chi connectivity index (χ1) is 8.72. The molecule has 0 aliphatic carbocycles. The molecule has 0 N–H and O–H groups in total. The van der Waals surface area contributed by atoms with Crippen molar-refractivity contribution in [2.75, 3.05) is 20.8 Å². The molecule has 1 aromatic rings. The van der Waals surface area contributed by atoms with E-state index in [4.69, 9.17) is 14.4 Å². The number of carbonyl (C=O) groups excluding carboxylic acids is 1. The van der Waals surface area contributed by atoms with Gasteiger partial charge in [0.1, 0.15) is 17.1 Å². The van der Waals surface area contributed by atoms with Crippen LogP contribution in [0, 0.1) is 0 Å². The number of rotatable bonds is 7. The highest BCUT2D eigenvalue weighted by Crippen LogP contribution is 2.25. The van der Waals surface area contributed by atoms with Crippen molar-refractivity contribution in [1.29, 1.82) is 0 Å². The van der Waals surface area contributed by atoms with Crippen LogP contribution in [0.25, 0.3) is 0 Å². The molecule has 0 aliphatic rings. The molecule has 5 nitrogen and oxygen atoms in total. The molecule has 0 radical (unpaired) electrons. The summed E-state index contributed by atoms with van der Waals surface area (Å²) in [5.41, 5.74) is 0.301. The van der Waals surface area contributed by atoms with E-state index in [1.165, 1.54) is 7.11 Å². The molecule has 18 heavy (non-hydrogen) atoms. The normalized spacial score (nSPS) is 9.94. The lowest BCUT2D eigenvalue weighted by atomic mass is 10.2. The van der Waals surface area contributed by atoms with Gasteiger partial charge >= 0.3 is 5.97 Å². The molecule has 0 fully saturated rings. The highest BCUT2D eigenvalue weighted by atomic mass is 17.2. The topological polar surface area (TPSA) is 54.0 Å². The monoisotopic (exact) mass is 254 g/mol. The summed E-state index contributed by atoms with van der Waals surface area (Å²) in [5.74, 6) is 0.416. The average Bonchev–Trinajstić information content (AvgIpc) is 2.42. The molecule has 0 saturated carbocycles. The molecule has 0 saturated heterocycles. The molecule has 5 heteroatoms. The van der Waals surface area contributed by atoms with Gasteiger partial charge in [-0.05, 0) is 18.6 Å². The lowest BCUT2D eigenvalue weighted by molar-refractivity contribution is -0.241. The van der Waals surface area contributed by atoms with Crippen LogP contribution < -0.4 is 9.47 Å². The number of benzene rings is 1. The Kier molecular flexibility index (Phi) is 6.00. The van der Waals surface area contributed by atoms with Gasteiger partial charge in [0.15, 0.2) is 0 Å². The third-order valence-electron chi connectivity index (χ3n) is 2.34. The second-order valence-electron chi connectivity index (χ2n) is 3.61. The van der Waals surface area contributed by atoms with Gasteiger partial charge in [0.05, 0.1) is 20.8 Å². The van der Waals surface area contributed by atoms with Crippen LogP contribution in [0.4, 0.5) is 0 Å². The van der Waals surface area contributed by atoms with Crippen LogP contribution in [-0.2, 0) is 9.78 Å². The van der Waals surface area contributed by atoms with E-state index in [0.29, 0.717) is 23.7 Å². The molecule has 0 bridgehead atoms. The highest BCUT2D eigenvalue weighted by molar-refractivity contribution is 5.92. The van der Waals surface area contributed by atoms with Gasteiger partial charge in [-0.25, -0.2) is 4.79 Å². The number of ether oxygens (including phenoxy) is 2. The van der Waals surface area contributed by atoms with Crippen LogP contribution in [0.1, 0.15) is 30.1 Å². The first-order valence-corrected chi connectivity index (χ1v) is 5.78. The molecule has 1 rings (SSSR count). The summed E-state index contributed by atoms with van der Waals surface area (Å²) in [6.07, 6.45) is 1.82. The minimum atomic E-state index is -0.578. The number of methoxy groups -OCH3 is 2. The van der Waals surface area contributed by atoms with Gasteiger partial charge in [0.2, 0.25) is 0 Å². The molecule has 0 amide bonds. The van der Waals surface area contributed by atoms with E-state index in [9.17, 15) is 4.79 Å². The van der Waals surface area contributed by atoms with E-state index in [1.807, 2.05) is 6.92 Å².